The van der Waals surface area contributed by atoms with Crippen LogP contribution in [0.4, 0.5) is 0 Å². The summed E-state index contributed by atoms with van der Waals surface area (Å²) >= 11 is 0. The van der Waals surface area contributed by atoms with Crippen LogP contribution in [0.2, 0.25) is 0 Å². The quantitative estimate of drug-likeness (QED) is 0.478. The van der Waals surface area contributed by atoms with Crippen LogP contribution in [0.15, 0.2) is 72.9 Å². The maximum atomic E-state index is 11.7. The van der Waals surface area contributed by atoms with Gasteiger partial charge in [-0.1, -0.05) is 54.6 Å². The maximum Gasteiger partial charge on any atom is 0.265 e. The summed E-state index contributed by atoms with van der Waals surface area (Å²) in [5, 5.41) is 3.77. The summed E-state index contributed by atoms with van der Waals surface area (Å²) in [7, 11) is 0. The minimum atomic E-state index is -0.110. The second-order valence-corrected chi connectivity index (χ2v) is 7.00. The van der Waals surface area contributed by atoms with Crippen molar-refractivity contribution in [2.45, 2.75) is 19.5 Å². The minimum absolute atomic E-state index is 0.110. The molecule has 0 fully saturated rings. The molecule has 0 aliphatic heterocycles. The summed E-state index contributed by atoms with van der Waals surface area (Å²) in [6, 6.07) is 22.3. The molecule has 2 aromatic carbocycles. The molecule has 2 heterocycles. The Morgan fingerprint density at radius 2 is 1.77 bits per heavy atom. The van der Waals surface area contributed by atoms with Gasteiger partial charge < -0.3 is 11.1 Å². The summed E-state index contributed by atoms with van der Waals surface area (Å²) in [6.07, 6.45) is 1.92. The van der Waals surface area contributed by atoms with E-state index in [9.17, 15) is 4.79 Å². The molecule has 3 N–H and O–H groups in total. The van der Waals surface area contributed by atoms with Crippen molar-refractivity contribution in [3.63, 3.8) is 0 Å². The summed E-state index contributed by atoms with van der Waals surface area (Å²) in [6.45, 7) is 4.46. The van der Waals surface area contributed by atoms with Gasteiger partial charge in [-0.25, -0.2) is 4.98 Å². The molecule has 1 amide bonds. The zero-order valence-electron chi connectivity index (χ0n) is 16.6. The number of pyridine rings is 2. The number of hydrogen-bond donors (Lipinski definition) is 2. The fraction of sp³-hybridized carbons (Fsp3) is 0.120. The molecule has 0 spiro atoms. The van der Waals surface area contributed by atoms with Crippen LogP contribution in [-0.4, -0.2) is 15.9 Å². The van der Waals surface area contributed by atoms with E-state index in [-0.39, 0.29) is 12.3 Å². The van der Waals surface area contributed by atoms with Crippen molar-refractivity contribution < 1.29 is 4.79 Å². The number of benzene rings is 2. The lowest BCUT2D eigenvalue weighted by Crippen LogP contribution is -2.22. The normalized spacial score (nSPS) is 10.8. The predicted octanol–water partition coefficient (Wildman–Crippen LogP) is 4.26. The zero-order chi connectivity index (χ0) is 20.9. The third-order valence-electron chi connectivity index (χ3n) is 5.05. The molecule has 5 heteroatoms. The van der Waals surface area contributed by atoms with Gasteiger partial charge in [0.1, 0.15) is 0 Å². The first-order chi connectivity index (χ1) is 14.7. The first-order valence-electron chi connectivity index (χ1n) is 9.89. The minimum Gasteiger partial charge on any atom is -0.347 e. The fourth-order valence-electron chi connectivity index (χ4n) is 3.42. The highest BCUT2D eigenvalue weighted by atomic mass is 16.1. The summed E-state index contributed by atoms with van der Waals surface area (Å²) in [5.74, 6) is -0.110. The van der Waals surface area contributed by atoms with Gasteiger partial charge in [0.05, 0.1) is 30.4 Å². The third-order valence-corrected chi connectivity index (χ3v) is 5.05. The van der Waals surface area contributed by atoms with Crippen molar-refractivity contribution in [1.29, 1.82) is 0 Å². The van der Waals surface area contributed by atoms with Crippen LogP contribution >= 0.6 is 0 Å². The highest BCUT2D eigenvalue weighted by Gasteiger charge is 2.14. The molecule has 0 saturated carbocycles. The van der Waals surface area contributed by atoms with Gasteiger partial charge in [-0.2, -0.15) is 0 Å². The number of fused-ring (bicyclic) bond motifs is 1. The van der Waals surface area contributed by atoms with Crippen molar-refractivity contribution >= 4 is 16.8 Å². The van der Waals surface area contributed by atoms with Crippen molar-refractivity contribution in [3.8, 4) is 22.4 Å². The molecule has 2 aromatic heterocycles. The Morgan fingerprint density at radius 3 is 2.47 bits per heavy atom. The molecule has 4 rings (SSSR count). The molecule has 0 atom stereocenters. The van der Waals surface area contributed by atoms with E-state index in [1.165, 1.54) is 0 Å². The van der Waals surface area contributed by atoms with Crippen LogP contribution in [0, 0.1) is 6.92 Å². The Kier molecular flexibility index (Phi) is 5.72. The monoisotopic (exact) mass is 395 g/mol. The summed E-state index contributed by atoms with van der Waals surface area (Å²) < 4.78 is 0. The molecule has 0 saturated heterocycles. The highest BCUT2D eigenvalue weighted by Crippen LogP contribution is 2.34. The van der Waals surface area contributed by atoms with Gasteiger partial charge in [-0.3, -0.25) is 9.78 Å². The van der Waals surface area contributed by atoms with Crippen LogP contribution < -0.4 is 11.1 Å². The van der Waals surface area contributed by atoms with E-state index < -0.39 is 0 Å². The zero-order valence-corrected chi connectivity index (χ0v) is 16.6. The fourth-order valence-corrected chi connectivity index (χ4v) is 3.42. The maximum absolute atomic E-state index is 11.7. The highest BCUT2D eigenvalue weighted by molar-refractivity contribution is 5.92. The first-order valence-corrected chi connectivity index (χ1v) is 9.89. The average molecular weight is 395 g/mol. The standard InChI is InChI=1S/C25H22N4O/c1-2-24(30)28-16-23-21-14-20(18-6-4-3-5-7-18)25(29-22(21)12-13-27-23)19-10-8-17(15-26)9-11-19/h3-14H,1-2,15-16,26H2/p+1. The van der Waals surface area contributed by atoms with E-state index >= 15 is 0 Å². The van der Waals surface area contributed by atoms with Gasteiger partial charge in [-0.15, -0.1) is 0 Å². The average Bonchev–Trinajstić information content (AvgIpc) is 2.82. The van der Waals surface area contributed by atoms with Crippen LogP contribution in [-0.2, 0) is 17.9 Å². The topological polar surface area (TPSA) is 80.9 Å². The molecule has 4 aromatic rings. The number of nitrogens with one attached hydrogen (secondary N) is 1. The molecular formula is C25H23N4O+. The van der Waals surface area contributed by atoms with Gasteiger partial charge in [0, 0.05) is 29.3 Å². The van der Waals surface area contributed by atoms with Crippen molar-refractivity contribution in [3.05, 3.63) is 91.1 Å². The number of nitrogens with zero attached hydrogens (tertiary/aromatic N) is 2. The molecule has 0 radical (unpaired) electrons. The number of carbonyl (C=O) groups excluding carboxylic acids is 1. The molecule has 5 nitrogen and oxygen atoms in total. The van der Waals surface area contributed by atoms with Crippen LogP contribution in [0.3, 0.4) is 0 Å². The number of hydrogen-bond acceptors (Lipinski definition) is 4. The Bertz CT molecular complexity index is 1170. The van der Waals surface area contributed by atoms with Crippen molar-refractivity contribution in [2.75, 3.05) is 0 Å². The molecular weight excluding hydrogens is 372 g/mol. The summed E-state index contributed by atoms with van der Waals surface area (Å²) in [5.41, 5.74) is 12.5. The third kappa shape index (κ3) is 4.02. The molecule has 148 valence electrons. The second-order valence-electron chi connectivity index (χ2n) is 7.00. The number of carbonyl (C=O) groups is 1. The van der Waals surface area contributed by atoms with Crippen LogP contribution in [0.5, 0.6) is 0 Å². The largest absolute Gasteiger partial charge is 0.347 e. The van der Waals surface area contributed by atoms with Gasteiger partial charge in [-0.05, 0) is 23.3 Å². The second kappa shape index (κ2) is 8.76. The van der Waals surface area contributed by atoms with Crippen LogP contribution in [0.1, 0.15) is 17.7 Å². The lowest BCUT2D eigenvalue weighted by molar-refractivity contribution is -0.120. The van der Waals surface area contributed by atoms with E-state index in [4.69, 9.17) is 10.7 Å². The van der Waals surface area contributed by atoms with E-state index in [0.29, 0.717) is 13.1 Å². The number of nitrogens with two attached hydrogens (primary N) is 1. The van der Waals surface area contributed by atoms with E-state index in [2.05, 4.69) is 47.6 Å². The molecule has 0 bridgehead atoms. The Balaban J connectivity index is 1.89. The van der Waals surface area contributed by atoms with Gasteiger partial charge >= 0.3 is 0 Å². The number of amides is 1. The van der Waals surface area contributed by atoms with Gasteiger partial charge in [0.25, 0.3) is 5.91 Å². The Hall–Kier alpha value is -3.70. The predicted molar refractivity (Wildman–Crippen MR) is 120 cm³/mol. The van der Waals surface area contributed by atoms with E-state index in [1.54, 1.807) is 6.20 Å². The van der Waals surface area contributed by atoms with Gasteiger partial charge in [0.2, 0.25) is 0 Å². The van der Waals surface area contributed by atoms with Gasteiger partial charge in [0.15, 0.2) is 6.42 Å². The molecule has 30 heavy (non-hydrogen) atoms. The lowest BCUT2D eigenvalue weighted by atomic mass is 9.96. The van der Waals surface area contributed by atoms with E-state index in [1.807, 2.05) is 36.4 Å². The van der Waals surface area contributed by atoms with Crippen LogP contribution in [0.25, 0.3) is 33.3 Å². The van der Waals surface area contributed by atoms with E-state index in [0.717, 1.165) is 44.5 Å². The Morgan fingerprint density at radius 1 is 1.00 bits per heavy atom. The number of aromatic nitrogens is 2. The summed E-state index contributed by atoms with van der Waals surface area (Å²) in [4.78, 5) is 21.1. The molecule has 0 aliphatic rings. The Labute approximate surface area is 176 Å². The first kappa shape index (κ1) is 19.6. The molecule has 0 unspecified atom stereocenters. The van der Waals surface area contributed by atoms with Crippen molar-refractivity contribution in [1.82, 2.24) is 15.3 Å². The SMILES string of the molecule is [CH2+]CC(=O)NCc1nccc2nc(-c3ccc(CN)cc3)c(-c3ccccc3)cc12. The molecule has 0 aliphatic carbocycles. The lowest BCUT2D eigenvalue weighted by Gasteiger charge is -2.14. The number of rotatable bonds is 6. The van der Waals surface area contributed by atoms with Crippen molar-refractivity contribution in [2.24, 2.45) is 5.73 Å². The smallest absolute Gasteiger partial charge is 0.265 e.